The van der Waals surface area contributed by atoms with Crippen molar-refractivity contribution in [3.8, 4) is 22.3 Å². The summed E-state index contributed by atoms with van der Waals surface area (Å²) < 4.78 is 13.8. The maximum atomic E-state index is 7.21. The highest BCUT2D eigenvalue weighted by Crippen LogP contribution is 2.59. The van der Waals surface area contributed by atoms with Gasteiger partial charge in [0.15, 0.2) is 0 Å². The van der Waals surface area contributed by atoms with Crippen LogP contribution in [0.1, 0.15) is 103 Å². The van der Waals surface area contributed by atoms with Crippen molar-refractivity contribution in [2.24, 2.45) is 0 Å². The van der Waals surface area contributed by atoms with Gasteiger partial charge in [0, 0.05) is 43.8 Å². The molecule has 9 aromatic rings. The summed E-state index contributed by atoms with van der Waals surface area (Å²) in [5.74, 6) is 0. The van der Waals surface area contributed by atoms with Gasteiger partial charge in [0.1, 0.15) is 22.3 Å². The Bertz CT molecular complexity index is 3240. The first-order valence-corrected chi connectivity index (χ1v) is 21.2. The summed E-state index contributed by atoms with van der Waals surface area (Å²) in [6.45, 7) is 23.3. The number of benzene rings is 7. The molecule has 2 aliphatic rings. The number of anilines is 3. The first kappa shape index (κ1) is 36.1. The zero-order valence-corrected chi connectivity index (χ0v) is 35.9. The lowest BCUT2D eigenvalue weighted by atomic mass is 9.79. The van der Waals surface area contributed by atoms with Crippen molar-refractivity contribution in [2.45, 2.75) is 90.9 Å². The summed E-state index contributed by atoms with van der Waals surface area (Å²) in [6, 6.07) is 47.3. The summed E-state index contributed by atoms with van der Waals surface area (Å²) in [5.41, 5.74) is 19.5. The van der Waals surface area contributed by atoms with Gasteiger partial charge >= 0.3 is 0 Å². The Morgan fingerprint density at radius 1 is 0.475 bits per heavy atom. The minimum Gasteiger partial charge on any atom is -0.456 e. The number of nitrogens with zero attached hydrogens (tertiary/aromatic N) is 1. The Hall–Kier alpha value is -6.06. The van der Waals surface area contributed by atoms with E-state index in [-0.39, 0.29) is 21.7 Å². The van der Waals surface area contributed by atoms with Crippen molar-refractivity contribution in [2.75, 3.05) is 4.90 Å². The average Bonchev–Trinajstić information content (AvgIpc) is 3.90. The summed E-state index contributed by atoms with van der Waals surface area (Å²) >= 11 is 0. The number of rotatable bonds is 3. The molecule has 0 saturated carbocycles. The molecule has 0 atom stereocenters. The molecule has 292 valence electrons. The SMILES string of the molecule is CC(C)(C)c1cc(C(C)(C)C)c2oc3c4c(ccc3c2c1)C(C)(C)c1c-4cccc1N(c1ccc2c(c1)C(C)(C)c1ccccc1-2)c1cccc2oc3ccccc3c12. The predicted molar refractivity (Wildman–Crippen MR) is 248 cm³/mol. The third-order valence-electron chi connectivity index (χ3n) is 13.7. The number of hydrogen-bond acceptors (Lipinski definition) is 3. The van der Waals surface area contributed by atoms with Crippen molar-refractivity contribution in [1.29, 1.82) is 0 Å². The van der Waals surface area contributed by atoms with Crippen molar-refractivity contribution in [3.63, 3.8) is 0 Å². The summed E-state index contributed by atoms with van der Waals surface area (Å²) in [7, 11) is 0. The molecule has 0 N–H and O–H groups in total. The van der Waals surface area contributed by atoms with Crippen molar-refractivity contribution in [3.05, 3.63) is 161 Å². The van der Waals surface area contributed by atoms with Gasteiger partial charge in [-0.3, -0.25) is 0 Å². The van der Waals surface area contributed by atoms with Crippen molar-refractivity contribution < 1.29 is 8.83 Å². The minimum absolute atomic E-state index is 0.000189. The molecule has 0 fully saturated rings. The van der Waals surface area contributed by atoms with E-state index in [1.165, 1.54) is 66.4 Å². The minimum atomic E-state index is -0.339. The fourth-order valence-electron chi connectivity index (χ4n) is 10.6. The van der Waals surface area contributed by atoms with Crippen LogP contribution in [0.25, 0.3) is 66.1 Å². The zero-order valence-electron chi connectivity index (χ0n) is 35.9. The quantitative estimate of drug-likeness (QED) is 0.179. The fraction of sp³-hybridized carbons (Fsp3) is 0.250. The van der Waals surface area contributed by atoms with E-state index in [4.69, 9.17) is 8.83 Å². The monoisotopic (exact) mass is 769 g/mol. The summed E-state index contributed by atoms with van der Waals surface area (Å²) in [5, 5.41) is 4.60. The number of para-hydroxylation sites is 1. The molecule has 2 aromatic heterocycles. The lowest BCUT2D eigenvalue weighted by Crippen LogP contribution is -2.21. The van der Waals surface area contributed by atoms with E-state index >= 15 is 0 Å². The fourth-order valence-corrected chi connectivity index (χ4v) is 10.6. The maximum absolute atomic E-state index is 7.21. The molecule has 59 heavy (non-hydrogen) atoms. The smallest absolute Gasteiger partial charge is 0.143 e. The van der Waals surface area contributed by atoms with Gasteiger partial charge in [0.2, 0.25) is 0 Å². The number of hydrogen-bond donors (Lipinski definition) is 0. The van der Waals surface area contributed by atoms with Gasteiger partial charge in [-0.1, -0.05) is 154 Å². The first-order valence-electron chi connectivity index (χ1n) is 21.2. The normalized spacial score (nSPS) is 15.2. The predicted octanol–water partition coefficient (Wildman–Crippen LogP) is 16.2. The lowest BCUT2D eigenvalue weighted by molar-refractivity contribution is 0.559. The molecule has 3 nitrogen and oxygen atoms in total. The molecular weight excluding hydrogens is 719 g/mol. The van der Waals surface area contributed by atoms with E-state index in [1.807, 2.05) is 0 Å². The third-order valence-corrected chi connectivity index (χ3v) is 13.7. The van der Waals surface area contributed by atoms with E-state index in [2.05, 4.69) is 202 Å². The maximum Gasteiger partial charge on any atom is 0.143 e. The molecule has 0 saturated heterocycles. The Morgan fingerprint density at radius 3 is 1.97 bits per heavy atom. The van der Waals surface area contributed by atoms with E-state index in [0.29, 0.717) is 0 Å². The molecule has 0 amide bonds. The van der Waals surface area contributed by atoms with Crippen molar-refractivity contribution in [1.82, 2.24) is 0 Å². The molecule has 3 heteroatoms. The average molecular weight is 770 g/mol. The van der Waals surface area contributed by atoms with E-state index in [0.717, 1.165) is 50.2 Å². The molecule has 0 spiro atoms. The summed E-state index contributed by atoms with van der Waals surface area (Å²) in [4.78, 5) is 2.51. The van der Waals surface area contributed by atoms with E-state index in [1.54, 1.807) is 0 Å². The Balaban J connectivity index is 1.21. The van der Waals surface area contributed by atoms with Crippen LogP contribution >= 0.6 is 0 Å². The van der Waals surface area contributed by atoms with Gasteiger partial charge in [-0.25, -0.2) is 0 Å². The van der Waals surface area contributed by atoms with Crippen LogP contribution in [0, 0.1) is 0 Å². The molecule has 0 aliphatic heterocycles. The number of fused-ring (bicyclic) bond motifs is 13. The highest BCUT2D eigenvalue weighted by molar-refractivity contribution is 6.15. The van der Waals surface area contributed by atoms with Crippen molar-refractivity contribution >= 4 is 60.9 Å². The molecule has 0 radical (unpaired) electrons. The number of furan rings is 2. The van der Waals surface area contributed by atoms with Gasteiger partial charge in [-0.2, -0.15) is 0 Å². The molecule has 2 aliphatic carbocycles. The molecule has 7 aromatic carbocycles. The highest BCUT2D eigenvalue weighted by atomic mass is 16.3. The van der Waals surface area contributed by atoms with Crippen LogP contribution in [0.5, 0.6) is 0 Å². The molecular formula is C56H51NO2. The molecule has 0 unspecified atom stereocenters. The van der Waals surface area contributed by atoms with Crippen LogP contribution in [-0.4, -0.2) is 0 Å². The second kappa shape index (κ2) is 11.8. The van der Waals surface area contributed by atoms with Crippen LogP contribution in [0.2, 0.25) is 0 Å². The van der Waals surface area contributed by atoms with Gasteiger partial charge < -0.3 is 13.7 Å². The van der Waals surface area contributed by atoms with Gasteiger partial charge in [-0.05, 0) is 97.8 Å². The highest BCUT2D eigenvalue weighted by Gasteiger charge is 2.42. The second-order valence-electron chi connectivity index (χ2n) is 20.2. The largest absolute Gasteiger partial charge is 0.456 e. The van der Waals surface area contributed by atoms with Crippen LogP contribution in [0.4, 0.5) is 17.1 Å². The molecule has 11 rings (SSSR count). The Kier molecular flexibility index (Phi) is 7.20. The van der Waals surface area contributed by atoms with Crippen LogP contribution in [0.3, 0.4) is 0 Å². The molecule has 2 heterocycles. The van der Waals surface area contributed by atoms with Crippen LogP contribution in [-0.2, 0) is 21.7 Å². The lowest BCUT2D eigenvalue weighted by Gasteiger charge is -2.33. The van der Waals surface area contributed by atoms with Gasteiger partial charge in [-0.15, -0.1) is 0 Å². The molecule has 0 bridgehead atoms. The second-order valence-corrected chi connectivity index (χ2v) is 20.2. The Morgan fingerprint density at radius 2 is 1.17 bits per heavy atom. The topological polar surface area (TPSA) is 29.5 Å². The van der Waals surface area contributed by atoms with E-state index < -0.39 is 0 Å². The first-order chi connectivity index (χ1) is 28.0. The summed E-state index contributed by atoms with van der Waals surface area (Å²) in [6.07, 6.45) is 0. The van der Waals surface area contributed by atoms with E-state index in [9.17, 15) is 0 Å². The Labute approximate surface area is 347 Å². The zero-order chi connectivity index (χ0) is 41.0. The van der Waals surface area contributed by atoms with Gasteiger partial charge in [0.05, 0.1) is 16.8 Å². The van der Waals surface area contributed by atoms with Crippen LogP contribution < -0.4 is 4.90 Å². The van der Waals surface area contributed by atoms with Gasteiger partial charge in [0.25, 0.3) is 0 Å². The third kappa shape index (κ3) is 4.94. The van der Waals surface area contributed by atoms with Crippen LogP contribution in [0.15, 0.2) is 136 Å². The standard InChI is InChI=1S/C56H51NO2/c1-53(2,3)32-29-39-36-27-28-41-48(52(36)59-51(39)43(30-32)54(4,5)6)38-19-15-22-45(50(38)56(41,9)10)57(44-21-16-24-47-49(44)37-18-12-14-23-46(37)58-47)33-25-26-35-34-17-11-13-20-40(34)55(7,8)42(35)31-33/h11-31H,1-10H3.